The molecule has 0 spiro atoms. The third-order valence-electron chi connectivity index (χ3n) is 1.69. The molecule has 0 aliphatic carbocycles. The largest absolute Gasteiger partial charge is 0.498 e. The maximum absolute atomic E-state index is 11.0. The van der Waals surface area contributed by atoms with Crippen molar-refractivity contribution in [2.45, 2.75) is 11.8 Å². The van der Waals surface area contributed by atoms with Crippen molar-refractivity contribution in [3.63, 3.8) is 0 Å². The summed E-state index contributed by atoms with van der Waals surface area (Å²) in [4.78, 5) is 11.8. The minimum absolute atomic E-state index is 0.0403. The van der Waals surface area contributed by atoms with Crippen molar-refractivity contribution in [2.75, 3.05) is 12.4 Å². The van der Waals surface area contributed by atoms with Gasteiger partial charge in [-0.25, -0.2) is 0 Å². The second-order valence-corrected chi connectivity index (χ2v) is 4.09. The van der Waals surface area contributed by atoms with Crippen molar-refractivity contribution in [3.05, 3.63) is 4.88 Å². The van der Waals surface area contributed by atoms with E-state index in [2.05, 4.69) is 17.9 Å². The van der Waals surface area contributed by atoms with Gasteiger partial charge in [0.25, 0.3) is 0 Å². The molecule has 0 aliphatic heterocycles. The summed E-state index contributed by atoms with van der Waals surface area (Å²) in [6.45, 7) is 1.31. The van der Waals surface area contributed by atoms with Gasteiger partial charge < -0.3 is 10.4 Å². The molecule has 1 heterocycles. The number of rotatable bonds is 3. The summed E-state index contributed by atoms with van der Waals surface area (Å²) in [5.41, 5.74) is 0.330. The number of carbonyl (C=O) groups is 1. The number of carbonyl (C=O) groups excluding carboxylic acids is 1. The molecule has 1 rings (SSSR count). The number of Topliss-reactive ketones (excluding diaryl/α,β-unsaturated/α-hetero) is 1. The predicted molar refractivity (Wildman–Crippen MR) is 60.3 cm³/mol. The Morgan fingerprint density at radius 1 is 1.64 bits per heavy atom. The monoisotopic (exact) mass is 230 g/mol. The number of hydrogen-bond acceptors (Lipinski definition) is 6. The van der Waals surface area contributed by atoms with E-state index in [0.29, 0.717) is 15.5 Å². The Morgan fingerprint density at radius 2 is 2.21 bits per heavy atom. The smallest absolute Gasteiger partial charge is 0.196 e. The van der Waals surface area contributed by atoms with Crippen LogP contribution < -0.4 is 5.32 Å². The van der Waals surface area contributed by atoms with Gasteiger partial charge in [0.1, 0.15) is 11.4 Å². The molecule has 0 atom stereocenters. The van der Waals surface area contributed by atoms with Crippen LogP contribution in [0.4, 0.5) is 5.69 Å². The van der Waals surface area contributed by atoms with Gasteiger partial charge in [-0.2, -0.15) is 0 Å². The number of anilines is 1. The van der Waals surface area contributed by atoms with Crippen LogP contribution in [0.5, 0.6) is 5.06 Å². The summed E-state index contributed by atoms with van der Waals surface area (Å²) in [6, 6.07) is 0. The molecule has 0 saturated carbocycles. The fourth-order valence-electron chi connectivity index (χ4n) is 0.966. The van der Waals surface area contributed by atoms with Crippen LogP contribution in [-0.2, 0) is 4.79 Å². The van der Waals surface area contributed by atoms with Gasteiger partial charge in [0.05, 0.1) is 9.77 Å². The van der Waals surface area contributed by atoms with Crippen molar-refractivity contribution in [1.29, 1.82) is 5.41 Å². The molecule has 1 aromatic heterocycles. The van der Waals surface area contributed by atoms with Crippen LogP contribution in [0.25, 0.3) is 0 Å². The highest BCUT2D eigenvalue weighted by atomic mass is 32.1. The van der Waals surface area contributed by atoms with Crippen molar-refractivity contribution in [2.24, 2.45) is 0 Å². The van der Waals surface area contributed by atoms with E-state index in [1.54, 1.807) is 7.05 Å². The molecule has 4 nitrogen and oxygen atoms in total. The quantitative estimate of drug-likeness (QED) is 0.472. The van der Waals surface area contributed by atoms with Crippen LogP contribution in [-0.4, -0.2) is 23.6 Å². The van der Waals surface area contributed by atoms with E-state index in [9.17, 15) is 9.90 Å². The van der Waals surface area contributed by atoms with Crippen LogP contribution in [0.3, 0.4) is 0 Å². The number of thiophene rings is 1. The number of aromatic hydroxyl groups is 1. The molecule has 14 heavy (non-hydrogen) atoms. The second kappa shape index (κ2) is 4.02. The number of nitrogens with one attached hydrogen (secondary N) is 2. The van der Waals surface area contributed by atoms with Gasteiger partial charge in [-0.1, -0.05) is 11.3 Å². The minimum atomic E-state index is -0.343. The normalized spacial score (nSPS) is 9.93. The lowest BCUT2D eigenvalue weighted by Crippen LogP contribution is -2.08. The summed E-state index contributed by atoms with van der Waals surface area (Å²) in [6.07, 6.45) is 0. The molecular formula is C8H10N2O2S2. The maximum atomic E-state index is 11.0. The Morgan fingerprint density at radius 3 is 2.57 bits per heavy atom. The summed E-state index contributed by atoms with van der Waals surface area (Å²) in [5.74, 6) is -0.343. The summed E-state index contributed by atoms with van der Waals surface area (Å²) in [7, 11) is 1.64. The van der Waals surface area contributed by atoms with E-state index in [0.717, 1.165) is 11.3 Å². The van der Waals surface area contributed by atoms with Crippen LogP contribution >= 0.6 is 24.0 Å². The van der Waals surface area contributed by atoms with Gasteiger partial charge >= 0.3 is 0 Å². The van der Waals surface area contributed by atoms with E-state index < -0.39 is 0 Å². The Balaban J connectivity index is 3.24. The van der Waals surface area contributed by atoms with Gasteiger partial charge in [-0.15, -0.1) is 12.6 Å². The molecule has 0 unspecified atom stereocenters. The van der Waals surface area contributed by atoms with Gasteiger partial charge in [0.2, 0.25) is 0 Å². The third kappa shape index (κ3) is 1.76. The van der Waals surface area contributed by atoms with E-state index in [1.165, 1.54) is 6.92 Å². The molecule has 0 bridgehead atoms. The standard InChI is InChI=1S/C8H10N2O2S2/c1-3(11)4(9)7-6(13)5(10-2)8(12)14-7/h9-10,12-13H,1-2H3. The molecule has 0 aromatic carbocycles. The van der Waals surface area contributed by atoms with E-state index in [-0.39, 0.29) is 16.6 Å². The second-order valence-electron chi connectivity index (χ2n) is 2.64. The molecule has 76 valence electrons. The summed E-state index contributed by atoms with van der Waals surface area (Å²) < 4.78 is 0. The van der Waals surface area contributed by atoms with Crippen LogP contribution in [0, 0.1) is 5.41 Å². The number of ketones is 1. The zero-order valence-electron chi connectivity index (χ0n) is 7.71. The van der Waals surface area contributed by atoms with Gasteiger partial charge in [-0.05, 0) is 0 Å². The Labute approximate surface area is 90.9 Å². The average Bonchev–Trinajstić information content (AvgIpc) is 2.40. The van der Waals surface area contributed by atoms with Gasteiger partial charge in [-0.3, -0.25) is 10.2 Å². The van der Waals surface area contributed by atoms with Crippen molar-refractivity contribution in [1.82, 2.24) is 0 Å². The molecule has 6 heteroatoms. The lowest BCUT2D eigenvalue weighted by molar-refractivity contribution is -0.111. The van der Waals surface area contributed by atoms with E-state index >= 15 is 0 Å². The first kappa shape index (κ1) is 11.1. The fourth-order valence-corrected chi connectivity index (χ4v) is 2.45. The molecule has 0 aliphatic rings. The lowest BCUT2D eigenvalue weighted by atomic mass is 10.2. The number of hydrogen-bond donors (Lipinski definition) is 4. The topological polar surface area (TPSA) is 73.2 Å². The van der Waals surface area contributed by atoms with E-state index in [4.69, 9.17) is 5.41 Å². The summed E-state index contributed by atoms with van der Waals surface area (Å²) >= 11 is 5.11. The van der Waals surface area contributed by atoms with Gasteiger partial charge in [0.15, 0.2) is 10.8 Å². The molecule has 1 aromatic rings. The lowest BCUT2D eigenvalue weighted by Gasteiger charge is -1.99. The summed E-state index contributed by atoms with van der Waals surface area (Å²) in [5, 5.41) is 19.7. The Bertz CT molecular complexity index is 398. The highest BCUT2D eigenvalue weighted by Crippen LogP contribution is 2.41. The Hall–Kier alpha value is -1.01. The number of thiol groups is 1. The highest BCUT2D eigenvalue weighted by Gasteiger charge is 2.19. The van der Waals surface area contributed by atoms with Crippen LogP contribution in [0.1, 0.15) is 11.8 Å². The first-order valence-electron chi connectivity index (χ1n) is 3.81. The molecule has 0 saturated heterocycles. The fraction of sp³-hybridized carbons (Fsp3) is 0.250. The van der Waals surface area contributed by atoms with Crippen LogP contribution in [0.15, 0.2) is 4.90 Å². The molecule has 3 N–H and O–H groups in total. The first-order valence-corrected chi connectivity index (χ1v) is 5.07. The molecule has 0 radical (unpaired) electrons. The third-order valence-corrected chi connectivity index (χ3v) is 3.30. The first-order chi connectivity index (χ1) is 6.49. The van der Waals surface area contributed by atoms with Crippen LogP contribution in [0.2, 0.25) is 0 Å². The zero-order valence-corrected chi connectivity index (χ0v) is 9.42. The SMILES string of the molecule is CNc1c(O)sc(C(=N)C(C)=O)c1S. The van der Waals surface area contributed by atoms with E-state index in [1.807, 2.05) is 0 Å². The molecule has 0 amide bonds. The van der Waals surface area contributed by atoms with Gasteiger partial charge in [0, 0.05) is 14.0 Å². The minimum Gasteiger partial charge on any atom is -0.498 e. The highest BCUT2D eigenvalue weighted by molar-refractivity contribution is 7.80. The van der Waals surface area contributed by atoms with Crippen molar-refractivity contribution >= 4 is 41.1 Å². The molecule has 0 fully saturated rings. The molecular weight excluding hydrogens is 220 g/mol. The average molecular weight is 230 g/mol. The van der Waals surface area contributed by atoms with Crippen molar-refractivity contribution < 1.29 is 9.90 Å². The van der Waals surface area contributed by atoms with Crippen molar-refractivity contribution in [3.8, 4) is 5.06 Å². The maximum Gasteiger partial charge on any atom is 0.196 e. The Kier molecular flexibility index (Phi) is 3.17. The predicted octanol–water partition coefficient (Wildman–Crippen LogP) is 1.74. The zero-order chi connectivity index (χ0) is 10.9.